The van der Waals surface area contributed by atoms with Crippen molar-refractivity contribution in [2.75, 3.05) is 24.7 Å². The summed E-state index contributed by atoms with van der Waals surface area (Å²) in [6.45, 7) is 1.63. The largest absolute Gasteiger partial charge is 0.445 e. The summed E-state index contributed by atoms with van der Waals surface area (Å²) in [6, 6.07) is 25.7. The van der Waals surface area contributed by atoms with Gasteiger partial charge in [0, 0.05) is 37.5 Å². The first-order valence-corrected chi connectivity index (χ1v) is 12.3. The molecule has 1 spiro atoms. The Bertz CT molecular complexity index is 1280. The number of anilines is 1. The number of carbonyl (C=O) groups is 2. The van der Waals surface area contributed by atoms with Gasteiger partial charge in [-0.3, -0.25) is 14.9 Å². The van der Waals surface area contributed by atoms with Crippen molar-refractivity contribution in [2.45, 2.75) is 31.5 Å². The minimum Gasteiger partial charge on any atom is -0.445 e. The SMILES string of the molecule is O=C(OCc1ccccc1)N1CCC2(CC1)C(=O)N(Cc1cccc([N+](=O)[O-])c1)CN2c1ccccc1. The summed E-state index contributed by atoms with van der Waals surface area (Å²) in [7, 11) is 0. The highest BCUT2D eigenvalue weighted by atomic mass is 16.6. The highest BCUT2D eigenvalue weighted by Crippen LogP contribution is 2.40. The van der Waals surface area contributed by atoms with Crippen LogP contribution in [0.4, 0.5) is 16.2 Å². The van der Waals surface area contributed by atoms with E-state index in [2.05, 4.69) is 4.90 Å². The molecular formula is C28H28N4O5. The number of amides is 2. The summed E-state index contributed by atoms with van der Waals surface area (Å²) in [5.41, 5.74) is 1.76. The molecule has 0 radical (unpaired) electrons. The summed E-state index contributed by atoms with van der Waals surface area (Å²) in [5.74, 6) is -0.0276. The second kappa shape index (κ2) is 10.3. The third-order valence-corrected chi connectivity index (χ3v) is 7.13. The maximum Gasteiger partial charge on any atom is 0.410 e. The average Bonchev–Trinajstić information content (AvgIpc) is 3.19. The molecule has 37 heavy (non-hydrogen) atoms. The Morgan fingerprint density at radius 1 is 0.919 bits per heavy atom. The van der Waals surface area contributed by atoms with Crippen LogP contribution in [-0.4, -0.2) is 52.0 Å². The molecule has 3 aromatic rings. The van der Waals surface area contributed by atoms with Crippen molar-refractivity contribution in [3.05, 3.63) is 106 Å². The number of nitro benzene ring substituents is 1. The van der Waals surface area contributed by atoms with E-state index in [0.717, 1.165) is 11.3 Å². The van der Waals surface area contributed by atoms with Gasteiger partial charge in [-0.15, -0.1) is 0 Å². The van der Waals surface area contributed by atoms with Gasteiger partial charge in [0.05, 0.1) is 11.6 Å². The minimum absolute atomic E-state index is 0.00102. The Balaban J connectivity index is 1.32. The number of nitro groups is 1. The number of piperidine rings is 1. The van der Waals surface area contributed by atoms with Gasteiger partial charge in [-0.1, -0.05) is 60.7 Å². The fraction of sp³-hybridized carbons (Fsp3) is 0.286. The fourth-order valence-corrected chi connectivity index (χ4v) is 5.18. The lowest BCUT2D eigenvalue weighted by Crippen LogP contribution is -2.57. The molecule has 2 aliphatic rings. The first-order chi connectivity index (χ1) is 18.0. The van der Waals surface area contributed by atoms with Gasteiger partial charge in [-0.25, -0.2) is 4.79 Å². The Morgan fingerprint density at radius 3 is 2.24 bits per heavy atom. The molecule has 0 aliphatic carbocycles. The van der Waals surface area contributed by atoms with Crippen LogP contribution in [0.1, 0.15) is 24.0 Å². The molecule has 0 N–H and O–H groups in total. The summed E-state index contributed by atoms with van der Waals surface area (Å²) in [4.78, 5) is 42.9. The van der Waals surface area contributed by atoms with Gasteiger partial charge < -0.3 is 19.4 Å². The van der Waals surface area contributed by atoms with Gasteiger partial charge in [0.1, 0.15) is 12.1 Å². The van der Waals surface area contributed by atoms with Crippen LogP contribution in [0.25, 0.3) is 0 Å². The van der Waals surface area contributed by atoms with Crippen molar-refractivity contribution in [3.8, 4) is 0 Å². The van der Waals surface area contributed by atoms with E-state index >= 15 is 0 Å². The minimum atomic E-state index is -0.793. The third kappa shape index (κ3) is 4.97. The van der Waals surface area contributed by atoms with Crippen molar-refractivity contribution in [2.24, 2.45) is 0 Å². The Kier molecular flexibility index (Phi) is 6.76. The Hall–Kier alpha value is -4.40. The second-order valence-electron chi connectivity index (χ2n) is 9.39. The third-order valence-electron chi connectivity index (χ3n) is 7.13. The monoisotopic (exact) mass is 500 g/mol. The van der Waals surface area contributed by atoms with Crippen molar-refractivity contribution >= 4 is 23.4 Å². The number of para-hydroxylation sites is 1. The van der Waals surface area contributed by atoms with E-state index in [1.54, 1.807) is 21.9 Å². The average molecular weight is 501 g/mol. The molecule has 2 saturated heterocycles. The number of benzene rings is 3. The lowest BCUT2D eigenvalue weighted by molar-refractivity contribution is -0.384. The fourth-order valence-electron chi connectivity index (χ4n) is 5.18. The van der Waals surface area contributed by atoms with Crippen molar-refractivity contribution in [1.29, 1.82) is 0 Å². The van der Waals surface area contributed by atoms with Gasteiger partial charge in [0.2, 0.25) is 5.91 Å². The van der Waals surface area contributed by atoms with Crippen LogP contribution < -0.4 is 4.90 Å². The molecular weight excluding hydrogens is 472 g/mol. The van der Waals surface area contributed by atoms with Crippen molar-refractivity contribution in [1.82, 2.24) is 9.80 Å². The van der Waals surface area contributed by atoms with Crippen LogP contribution in [0.2, 0.25) is 0 Å². The maximum atomic E-state index is 13.9. The quantitative estimate of drug-likeness (QED) is 0.363. The van der Waals surface area contributed by atoms with Gasteiger partial charge in [-0.2, -0.15) is 0 Å². The first kappa shape index (κ1) is 24.3. The molecule has 2 amide bonds. The van der Waals surface area contributed by atoms with Gasteiger partial charge in [0.15, 0.2) is 0 Å². The number of nitrogens with zero attached hydrogens (tertiary/aromatic N) is 4. The van der Waals surface area contributed by atoms with E-state index in [4.69, 9.17) is 4.74 Å². The number of hydrogen-bond acceptors (Lipinski definition) is 6. The molecule has 0 bridgehead atoms. The number of hydrogen-bond donors (Lipinski definition) is 0. The standard InChI is InChI=1S/C28H28N4O5/c33-26-28(14-16-29(17-15-28)27(34)37-20-22-8-3-1-4-9-22)31(24-11-5-2-6-12-24)21-30(26)19-23-10-7-13-25(18-23)32(35)36/h1-13,18H,14-17,19-21H2. The molecule has 2 fully saturated rings. The van der Waals surface area contributed by atoms with E-state index in [1.165, 1.54) is 12.1 Å². The number of likely N-dealkylation sites (tertiary alicyclic amines) is 1. The topological polar surface area (TPSA) is 96.2 Å². The van der Waals surface area contributed by atoms with Gasteiger partial charge in [0.25, 0.3) is 5.69 Å². The van der Waals surface area contributed by atoms with E-state index < -0.39 is 10.5 Å². The lowest BCUT2D eigenvalue weighted by atomic mass is 9.85. The molecule has 2 aliphatic heterocycles. The van der Waals surface area contributed by atoms with Crippen molar-refractivity contribution < 1.29 is 19.2 Å². The zero-order chi connectivity index (χ0) is 25.8. The maximum absolute atomic E-state index is 13.9. The first-order valence-electron chi connectivity index (χ1n) is 12.3. The number of ether oxygens (including phenoxy) is 1. The molecule has 5 rings (SSSR count). The number of rotatable bonds is 6. The van der Waals surface area contributed by atoms with Gasteiger partial charge in [-0.05, 0) is 36.1 Å². The molecule has 0 aromatic heterocycles. The van der Waals surface area contributed by atoms with E-state index in [0.29, 0.717) is 38.2 Å². The molecule has 2 heterocycles. The van der Waals surface area contributed by atoms with Crippen LogP contribution in [0.15, 0.2) is 84.9 Å². The van der Waals surface area contributed by atoms with Crippen LogP contribution in [0, 0.1) is 10.1 Å². The molecule has 0 atom stereocenters. The molecule has 9 heteroatoms. The predicted molar refractivity (Wildman–Crippen MR) is 138 cm³/mol. The molecule has 0 unspecified atom stereocenters. The smallest absolute Gasteiger partial charge is 0.410 e. The van der Waals surface area contributed by atoms with Crippen molar-refractivity contribution in [3.63, 3.8) is 0 Å². The Morgan fingerprint density at radius 2 is 1.57 bits per heavy atom. The zero-order valence-corrected chi connectivity index (χ0v) is 20.4. The summed E-state index contributed by atoms with van der Waals surface area (Å²) in [5, 5.41) is 11.2. The highest BCUT2D eigenvalue weighted by molar-refractivity contribution is 5.93. The van der Waals surface area contributed by atoms with Crippen LogP contribution >= 0.6 is 0 Å². The van der Waals surface area contributed by atoms with Crippen LogP contribution in [0.5, 0.6) is 0 Å². The molecule has 190 valence electrons. The molecule has 0 saturated carbocycles. The van der Waals surface area contributed by atoms with E-state index in [-0.39, 0.29) is 30.8 Å². The summed E-state index contributed by atoms with van der Waals surface area (Å²) < 4.78 is 5.51. The molecule has 3 aromatic carbocycles. The lowest BCUT2D eigenvalue weighted by Gasteiger charge is -2.42. The Labute approximate surface area is 215 Å². The zero-order valence-electron chi connectivity index (χ0n) is 20.4. The van der Waals surface area contributed by atoms with Crippen LogP contribution in [0.3, 0.4) is 0 Å². The predicted octanol–water partition coefficient (Wildman–Crippen LogP) is 4.57. The second-order valence-corrected chi connectivity index (χ2v) is 9.39. The summed E-state index contributed by atoms with van der Waals surface area (Å²) in [6.07, 6.45) is 0.544. The normalized spacial score (nSPS) is 16.8. The van der Waals surface area contributed by atoms with E-state index in [9.17, 15) is 19.7 Å². The number of carbonyl (C=O) groups excluding carboxylic acids is 2. The highest BCUT2D eigenvalue weighted by Gasteiger charge is 2.54. The molecule has 9 nitrogen and oxygen atoms in total. The van der Waals surface area contributed by atoms with E-state index in [1.807, 2.05) is 60.7 Å². The van der Waals surface area contributed by atoms with Crippen LogP contribution in [-0.2, 0) is 22.7 Å². The van der Waals surface area contributed by atoms with Gasteiger partial charge >= 0.3 is 6.09 Å². The number of non-ortho nitro benzene ring substituents is 1. The summed E-state index contributed by atoms with van der Waals surface area (Å²) >= 11 is 0.